The molecule has 0 aromatic rings. The topological polar surface area (TPSA) is 87.8 Å². The van der Waals surface area contributed by atoms with E-state index in [4.69, 9.17) is 5.73 Å². The van der Waals surface area contributed by atoms with Gasteiger partial charge in [0.2, 0.25) is 10.0 Å². The fraction of sp³-hybridized carbons (Fsp3) is 0.933. The number of nitrogens with two attached hydrogens (primary N) is 1. The Morgan fingerprint density at radius 2 is 2.05 bits per heavy atom. The van der Waals surface area contributed by atoms with E-state index >= 15 is 0 Å². The average molecular weight is 333 g/mol. The highest BCUT2D eigenvalue weighted by atomic mass is 32.2. The van der Waals surface area contributed by atoms with Gasteiger partial charge in [-0.3, -0.25) is 4.99 Å². The lowest BCUT2D eigenvalue weighted by molar-refractivity contribution is 0.463. The molecule has 0 saturated carbocycles. The summed E-state index contributed by atoms with van der Waals surface area (Å²) in [6.45, 7) is 8.31. The van der Waals surface area contributed by atoms with Crippen LogP contribution in [0, 0.1) is 11.8 Å². The van der Waals surface area contributed by atoms with Gasteiger partial charge in [0.25, 0.3) is 0 Å². The number of sulfonamides is 1. The van der Waals surface area contributed by atoms with E-state index in [9.17, 15) is 8.42 Å². The van der Waals surface area contributed by atoms with Crippen LogP contribution in [-0.2, 0) is 10.0 Å². The minimum Gasteiger partial charge on any atom is -0.370 e. The van der Waals surface area contributed by atoms with E-state index in [2.05, 4.69) is 31.1 Å². The lowest BCUT2D eigenvalue weighted by atomic mass is 10.0. The number of guanidine groups is 1. The van der Waals surface area contributed by atoms with E-state index in [0.29, 0.717) is 31.6 Å². The molecule has 0 spiro atoms. The maximum atomic E-state index is 11.5. The van der Waals surface area contributed by atoms with Crippen molar-refractivity contribution in [1.82, 2.24) is 9.62 Å². The van der Waals surface area contributed by atoms with E-state index < -0.39 is 10.0 Å². The summed E-state index contributed by atoms with van der Waals surface area (Å²) >= 11 is 0. The molecule has 2 unspecified atom stereocenters. The second-order valence-corrected chi connectivity index (χ2v) is 8.85. The van der Waals surface area contributed by atoms with Crippen molar-refractivity contribution < 1.29 is 8.42 Å². The molecular formula is C15H32N4O2S. The average Bonchev–Trinajstić information content (AvgIpc) is 2.84. The minimum absolute atomic E-state index is 0.270. The first-order valence-electron chi connectivity index (χ1n) is 8.20. The summed E-state index contributed by atoms with van der Waals surface area (Å²) in [5.41, 5.74) is 5.91. The molecule has 1 heterocycles. The maximum Gasteiger partial charge on any atom is 0.211 e. The quantitative estimate of drug-likeness (QED) is 0.519. The van der Waals surface area contributed by atoms with E-state index in [-0.39, 0.29) is 5.92 Å². The number of hydrogen-bond acceptors (Lipinski definition) is 3. The zero-order valence-electron chi connectivity index (χ0n) is 14.4. The van der Waals surface area contributed by atoms with Gasteiger partial charge < -0.3 is 11.1 Å². The molecule has 0 amide bonds. The largest absolute Gasteiger partial charge is 0.370 e. The molecule has 2 atom stereocenters. The second kappa shape index (κ2) is 8.72. The highest BCUT2D eigenvalue weighted by Crippen LogP contribution is 2.18. The van der Waals surface area contributed by atoms with E-state index in [1.165, 1.54) is 23.4 Å². The molecule has 6 nitrogen and oxygen atoms in total. The molecule has 0 bridgehead atoms. The number of nitrogens with one attached hydrogen (secondary N) is 1. The van der Waals surface area contributed by atoms with Crippen molar-refractivity contribution in [2.75, 3.05) is 25.9 Å². The molecule has 0 aliphatic carbocycles. The normalized spacial score (nSPS) is 22.2. The van der Waals surface area contributed by atoms with Gasteiger partial charge in [-0.15, -0.1) is 0 Å². The van der Waals surface area contributed by atoms with E-state index in [1.54, 1.807) is 0 Å². The second-order valence-electron chi connectivity index (χ2n) is 6.87. The summed E-state index contributed by atoms with van der Waals surface area (Å²) in [7, 11) is -3.07. The van der Waals surface area contributed by atoms with Gasteiger partial charge in [0.1, 0.15) is 0 Å². The van der Waals surface area contributed by atoms with Gasteiger partial charge in [-0.25, -0.2) is 12.7 Å². The predicted octanol–water partition coefficient (Wildman–Crippen LogP) is 1.39. The third kappa shape index (κ3) is 7.45. The molecule has 1 aliphatic rings. The van der Waals surface area contributed by atoms with Crippen LogP contribution in [0.1, 0.15) is 46.5 Å². The molecular weight excluding hydrogens is 300 g/mol. The van der Waals surface area contributed by atoms with Crippen LogP contribution in [0.25, 0.3) is 0 Å². The third-order valence-electron chi connectivity index (χ3n) is 4.05. The molecule has 1 saturated heterocycles. The molecule has 22 heavy (non-hydrogen) atoms. The van der Waals surface area contributed by atoms with Crippen LogP contribution in [0.5, 0.6) is 0 Å². The van der Waals surface area contributed by atoms with Crippen LogP contribution in [-0.4, -0.2) is 50.6 Å². The molecule has 0 radical (unpaired) electrons. The number of rotatable bonds is 8. The Labute approximate surface area is 135 Å². The highest BCUT2D eigenvalue weighted by Gasteiger charge is 2.28. The van der Waals surface area contributed by atoms with Gasteiger partial charge >= 0.3 is 0 Å². The monoisotopic (exact) mass is 332 g/mol. The molecule has 130 valence electrons. The number of nitrogens with zero attached hydrogens (tertiary/aromatic N) is 2. The Balaban J connectivity index is 2.28. The molecule has 0 aromatic carbocycles. The van der Waals surface area contributed by atoms with Crippen molar-refractivity contribution in [2.45, 2.75) is 52.5 Å². The summed E-state index contributed by atoms with van der Waals surface area (Å²) in [5.74, 6) is 1.47. The van der Waals surface area contributed by atoms with Gasteiger partial charge in [-0.05, 0) is 31.6 Å². The van der Waals surface area contributed by atoms with E-state index in [1.807, 2.05) is 0 Å². The highest BCUT2D eigenvalue weighted by molar-refractivity contribution is 7.88. The lowest BCUT2D eigenvalue weighted by Gasteiger charge is -2.16. The summed E-state index contributed by atoms with van der Waals surface area (Å²) in [5, 5.41) is 3.21. The number of hydrogen-bond donors (Lipinski definition) is 2. The first-order chi connectivity index (χ1) is 10.2. The summed E-state index contributed by atoms with van der Waals surface area (Å²) in [6.07, 6.45) is 5.61. The summed E-state index contributed by atoms with van der Waals surface area (Å²) in [4.78, 5) is 4.37. The van der Waals surface area contributed by atoms with Gasteiger partial charge in [-0.2, -0.15) is 0 Å². The van der Waals surface area contributed by atoms with Gasteiger partial charge in [0.15, 0.2) is 5.96 Å². The van der Waals surface area contributed by atoms with Crippen LogP contribution in [0.2, 0.25) is 0 Å². The zero-order chi connectivity index (χ0) is 16.8. The minimum atomic E-state index is -3.07. The van der Waals surface area contributed by atoms with Gasteiger partial charge in [-0.1, -0.05) is 26.7 Å². The van der Waals surface area contributed by atoms with Crippen molar-refractivity contribution >= 4 is 16.0 Å². The zero-order valence-corrected chi connectivity index (χ0v) is 15.2. The van der Waals surface area contributed by atoms with Crippen molar-refractivity contribution in [3.63, 3.8) is 0 Å². The van der Waals surface area contributed by atoms with Crippen molar-refractivity contribution in [3.05, 3.63) is 0 Å². The maximum absolute atomic E-state index is 11.5. The Bertz CT molecular complexity index is 462. The molecule has 0 aromatic heterocycles. The van der Waals surface area contributed by atoms with Crippen molar-refractivity contribution in [1.29, 1.82) is 0 Å². The Kier molecular flexibility index (Phi) is 7.62. The predicted molar refractivity (Wildman–Crippen MR) is 92.3 cm³/mol. The summed E-state index contributed by atoms with van der Waals surface area (Å²) in [6, 6.07) is 0.318. The third-order valence-corrected chi connectivity index (χ3v) is 5.32. The fourth-order valence-electron chi connectivity index (χ4n) is 2.68. The van der Waals surface area contributed by atoms with Crippen LogP contribution in [0.4, 0.5) is 0 Å². The van der Waals surface area contributed by atoms with Gasteiger partial charge in [0, 0.05) is 25.7 Å². The Morgan fingerprint density at radius 3 is 2.59 bits per heavy atom. The van der Waals surface area contributed by atoms with Crippen LogP contribution in [0.15, 0.2) is 4.99 Å². The Hall–Kier alpha value is -0.820. The first kappa shape index (κ1) is 19.2. The van der Waals surface area contributed by atoms with Crippen LogP contribution >= 0.6 is 0 Å². The lowest BCUT2D eigenvalue weighted by Crippen LogP contribution is -2.38. The van der Waals surface area contributed by atoms with Crippen molar-refractivity contribution in [3.8, 4) is 0 Å². The standard InChI is InChI=1S/C15H32N4O2S/c1-12(2)6-5-7-13(3)18-15(16)17-10-14-8-9-19(11-14)22(4,20)21/h12-14H,5-11H2,1-4H3,(H3,16,17,18). The first-order valence-corrected chi connectivity index (χ1v) is 10.0. The van der Waals surface area contributed by atoms with Crippen LogP contribution in [0.3, 0.4) is 0 Å². The van der Waals surface area contributed by atoms with Gasteiger partial charge in [0.05, 0.1) is 6.26 Å². The molecule has 1 rings (SSSR count). The van der Waals surface area contributed by atoms with Crippen molar-refractivity contribution in [2.24, 2.45) is 22.6 Å². The van der Waals surface area contributed by atoms with Crippen LogP contribution < -0.4 is 11.1 Å². The summed E-state index contributed by atoms with van der Waals surface area (Å²) < 4.78 is 24.4. The molecule has 1 fully saturated rings. The van der Waals surface area contributed by atoms with E-state index in [0.717, 1.165) is 18.8 Å². The Morgan fingerprint density at radius 1 is 1.36 bits per heavy atom. The SMILES string of the molecule is CC(C)CCCC(C)NC(N)=NCC1CCN(S(C)(=O)=O)C1. The number of aliphatic imine (C=N–C) groups is 1. The fourth-order valence-corrected chi connectivity index (χ4v) is 3.60. The molecule has 1 aliphatic heterocycles. The molecule has 7 heteroatoms. The smallest absolute Gasteiger partial charge is 0.211 e. The molecule has 3 N–H and O–H groups in total.